The van der Waals surface area contributed by atoms with Gasteiger partial charge in [0.1, 0.15) is 0 Å². The minimum Gasteiger partial charge on any atom is -0.368 e. The van der Waals surface area contributed by atoms with Crippen molar-refractivity contribution in [1.29, 1.82) is 0 Å². The van der Waals surface area contributed by atoms with Crippen LogP contribution in [0, 0.1) is 6.92 Å². The average Bonchev–Trinajstić information content (AvgIpc) is 2.61. The fraction of sp³-hybridized carbons (Fsp3) is 0.250. The maximum absolute atomic E-state index is 12.4. The summed E-state index contributed by atoms with van der Waals surface area (Å²) in [5.74, 6) is 0.0855. The Hall–Kier alpha value is -2.07. The minimum atomic E-state index is 0.0855. The summed E-state index contributed by atoms with van der Waals surface area (Å²) >= 11 is 3.41. The number of halogens is 1. The van der Waals surface area contributed by atoms with Crippen molar-refractivity contribution in [2.75, 3.05) is 31.1 Å². The molecule has 3 nitrogen and oxygen atoms in total. The molecule has 0 saturated carbocycles. The molecule has 0 radical (unpaired) electrons. The molecule has 0 atom stereocenters. The molecule has 0 N–H and O–H groups in total. The first-order valence-corrected chi connectivity index (χ1v) is 8.96. The van der Waals surface area contributed by atoms with E-state index >= 15 is 0 Å². The van der Waals surface area contributed by atoms with Crippen molar-refractivity contribution in [2.24, 2.45) is 0 Å². The SMILES string of the molecule is Cc1ccccc1N1CCN(C(=O)/C=C/c2ccc(Br)cc2)CC1. The van der Waals surface area contributed by atoms with Gasteiger partial charge in [-0.1, -0.05) is 46.3 Å². The van der Waals surface area contributed by atoms with Crippen LogP contribution in [0.5, 0.6) is 0 Å². The molecule has 2 aromatic rings. The molecule has 1 aliphatic rings. The van der Waals surface area contributed by atoms with E-state index in [0.29, 0.717) is 0 Å². The summed E-state index contributed by atoms with van der Waals surface area (Å²) in [7, 11) is 0. The third-order valence-electron chi connectivity index (χ3n) is 4.34. The van der Waals surface area contributed by atoms with E-state index in [9.17, 15) is 4.79 Å². The van der Waals surface area contributed by atoms with Gasteiger partial charge in [-0.05, 0) is 42.3 Å². The lowest BCUT2D eigenvalue weighted by Crippen LogP contribution is -2.48. The number of aryl methyl sites for hydroxylation is 1. The second-order valence-corrected chi connectivity index (χ2v) is 6.90. The van der Waals surface area contributed by atoms with Gasteiger partial charge in [-0.25, -0.2) is 0 Å². The molecule has 0 bridgehead atoms. The Balaban J connectivity index is 1.57. The molecule has 4 heteroatoms. The number of nitrogens with zero attached hydrogens (tertiary/aromatic N) is 2. The number of carbonyl (C=O) groups is 1. The van der Waals surface area contributed by atoms with Crippen LogP contribution < -0.4 is 4.90 Å². The van der Waals surface area contributed by atoms with Crippen molar-refractivity contribution in [2.45, 2.75) is 6.92 Å². The van der Waals surface area contributed by atoms with Gasteiger partial charge in [0, 0.05) is 42.4 Å². The van der Waals surface area contributed by atoms with Crippen molar-refractivity contribution in [1.82, 2.24) is 4.90 Å². The second-order valence-electron chi connectivity index (χ2n) is 5.98. The summed E-state index contributed by atoms with van der Waals surface area (Å²) in [4.78, 5) is 16.6. The molecule has 1 amide bonds. The van der Waals surface area contributed by atoms with Crippen LogP contribution in [0.2, 0.25) is 0 Å². The number of para-hydroxylation sites is 1. The van der Waals surface area contributed by atoms with Gasteiger partial charge < -0.3 is 9.80 Å². The lowest BCUT2D eigenvalue weighted by Gasteiger charge is -2.36. The van der Waals surface area contributed by atoms with Crippen LogP contribution in [0.15, 0.2) is 59.1 Å². The Labute approximate surface area is 151 Å². The molecule has 3 rings (SSSR count). The Morgan fingerprint density at radius 2 is 1.67 bits per heavy atom. The lowest BCUT2D eigenvalue weighted by molar-refractivity contribution is -0.126. The molecular weight excluding hydrogens is 364 g/mol. The number of piperazine rings is 1. The molecule has 1 heterocycles. The van der Waals surface area contributed by atoms with Gasteiger partial charge >= 0.3 is 0 Å². The minimum absolute atomic E-state index is 0.0855. The van der Waals surface area contributed by atoms with E-state index in [-0.39, 0.29) is 5.91 Å². The molecule has 2 aromatic carbocycles. The number of anilines is 1. The van der Waals surface area contributed by atoms with Crippen molar-refractivity contribution in [3.8, 4) is 0 Å². The van der Waals surface area contributed by atoms with Crippen molar-refractivity contribution >= 4 is 33.6 Å². The first kappa shape index (κ1) is 16.8. The summed E-state index contributed by atoms with van der Waals surface area (Å²) in [6.07, 6.45) is 3.55. The first-order valence-electron chi connectivity index (χ1n) is 8.16. The number of hydrogen-bond donors (Lipinski definition) is 0. The predicted molar refractivity (Wildman–Crippen MR) is 103 cm³/mol. The van der Waals surface area contributed by atoms with Crippen LogP contribution in [0.4, 0.5) is 5.69 Å². The van der Waals surface area contributed by atoms with Gasteiger partial charge in [0.05, 0.1) is 0 Å². The van der Waals surface area contributed by atoms with Gasteiger partial charge in [0.15, 0.2) is 0 Å². The predicted octanol–water partition coefficient (Wildman–Crippen LogP) is 4.12. The molecule has 1 fully saturated rings. The van der Waals surface area contributed by atoms with Crippen molar-refractivity contribution in [3.63, 3.8) is 0 Å². The normalized spacial score (nSPS) is 15.1. The van der Waals surface area contributed by atoms with E-state index in [1.54, 1.807) is 6.08 Å². The maximum atomic E-state index is 12.4. The molecule has 1 aliphatic heterocycles. The van der Waals surface area contributed by atoms with E-state index < -0.39 is 0 Å². The maximum Gasteiger partial charge on any atom is 0.246 e. The highest BCUT2D eigenvalue weighted by atomic mass is 79.9. The Morgan fingerprint density at radius 1 is 1.00 bits per heavy atom. The molecular formula is C20H21BrN2O. The summed E-state index contributed by atoms with van der Waals surface area (Å²) in [5, 5.41) is 0. The largest absolute Gasteiger partial charge is 0.368 e. The summed E-state index contributed by atoms with van der Waals surface area (Å²) in [5.41, 5.74) is 3.59. The topological polar surface area (TPSA) is 23.6 Å². The van der Waals surface area contributed by atoms with E-state index in [1.807, 2.05) is 35.2 Å². The summed E-state index contributed by atoms with van der Waals surface area (Å²) < 4.78 is 1.04. The van der Waals surface area contributed by atoms with E-state index in [0.717, 1.165) is 36.2 Å². The van der Waals surface area contributed by atoms with Crippen molar-refractivity contribution < 1.29 is 4.79 Å². The number of rotatable bonds is 3. The Morgan fingerprint density at radius 3 is 2.33 bits per heavy atom. The highest BCUT2D eigenvalue weighted by Gasteiger charge is 2.20. The van der Waals surface area contributed by atoms with Crippen LogP contribution in [0.3, 0.4) is 0 Å². The molecule has 0 unspecified atom stereocenters. The van der Waals surface area contributed by atoms with Crippen LogP contribution in [-0.4, -0.2) is 37.0 Å². The van der Waals surface area contributed by atoms with Crippen LogP contribution >= 0.6 is 15.9 Å². The van der Waals surface area contributed by atoms with Gasteiger partial charge in [-0.3, -0.25) is 4.79 Å². The van der Waals surface area contributed by atoms with Crippen LogP contribution in [-0.2, 0) is 4.79 Å². The quantitative estimate of drug-likeness (QED) is 0.743. The van der Waals surface area contributed by atoms with E-state index in [1.165, 1.54) is 11.3 Å². The standard InChI is InChI=1S/C20H21BrN2O/c1-16-4-2-3-5-19(16)22-12-14-23(15-13-22)20(24)11-8-17-6-9-18(21)10-7-17/h2-11H,12-15H2,1H3/b11-8+. The zero-order valence-electron chi connectivity index (χ0n) is 13.8. The third-order valence-corrected chi connectivity index (χ3v) is 4.86. The van der Waals surface area contributed by atoms with E-state index in [4.69, 9.17) is 0 Å². The molecule has 0 spiro atoms. The highest BCUT2D eigenvalue weighted by Crippen LogP contribution is 2.21. The van der Waals surface area contributed by atoms with Gasteiger partial charge in [0.2, 0.25) is 5.91 Å². The molecule has 124 valence electrons. The fourth-order valence-corrected chi connectivity index (χ4v) is 3.20. The zero-order valence-corrected chi connectivity index (χ0v) is 15.4. The lowest BCUT2D eigenvalue weighted by atomic mass is 10.1. The smallest absolute Gasteiger partial charge is 0.246 e. The molecule has 0 aliphatic carbocycles. The van der Waals surface area contributed by atoms with Crippen LogP contribution in [0.25, 0.3) is 6.08 Å². The number of hydrogen-bond acceptors (Lipinski definition) is 2. The fourth-order valence-electron chi connectivity index (χ4n) is 2.93. The second kappa shape index (κ2) is 7.67. The van der Waals surface area contributed by atoms with Crippen molar-refractivity contribution in [3.05, 3.63) is 70.2 Å². The summed E-state index contributed by atoms with van der Waals surface area (Å²) in [6.45, 7) is 5.41. The summed E-state index contributed by atoms with van der Waals surface area (Å²) in [6, 6.07) is 16.4. The third kappa shape index (κ3) is 4.06. The van der Waals surface area contributed by atoms with E-state index in [2.05, 4.69) is 52.0 Å². The molecule has 24 heavy (non-hydrogen) atoms. The van der Waals surface area contributed by atoms with Gasteiger partial charge in [-0.2, -0.15) is 0 Å². The number of amides is 1. The average molecular weight is 385 g/mol. The van der Waals surface area contributed by atoms with Crippen LogP contribution in [0.1, 0.15) is 11.1 Å². The Kier molecular flexibility index (Phi) is 5.36. The Bertz CT molecular complexity index is 732. The van der Waals surface area contributed by atoms with Gasteiger partial charge in [0.25, 0.3) is 0 Å². The molecule has 0 aromatic heterocycles. The number of benzene rings is 2. The first-order chi connectivity index (χ1) is 11.6. The molecule has 1 saturated heterocycles. The monoisotopic (exact) mass is 384 g/mol. The highest BCUT2D eigenvalue weighted by molar-refractivity contribution is 9.10. The van der Waals surface area contributed by atoms with Gasteiger partial charge in [-0.15, -0.1) is 0 Å². The number of carbonyl (C=O) groups excluding carboxylic acids is 1. The zero-order chi connectivity index (χ0) is 16.9.